The van der Waals surface area contributed by atoms with Gasteiger partial charge >= 0.3 is 0 Å². The molecule has 1 aliphatic heterocycles. The second-order valence-electron chi connectivity index (χ2n) is 2.94. The smallest absolute Gasteiger partial charge is 0.194 e. The number of carbonyl (C=O) groups excluding carboxylic acids is 1. The Morgan fingerprint density at radius 3 is 3.00 bits per heavy atom. The number of fused-ring (bicyclic) bond motifs is 1. The molecule has 1 aromatic carbocycles. The Hall–Kier alpha value is -1.20. The average Bonchev–Trinajstić information content (AvgIpc) is 2.16. The van der Waals surface area contributed by atoms with Crippen molar-refractivity contribution in [3.05, 3.63) is 29.3 Å². The molecule has 0 bridgehead atoms. The molecule has 1 aromatic rings. The minimum atomic E-state index is 0.238. The molecule has 0 radical (unpaired) electrons. The van der Waals surface area contributed by atoms with Crippen LogP contribution in [0.1, 0.15) is 17.5 Å². The molecule has 0 atom stereocenters. The van der Waals surface area contributed by atoms with Gasteiger partial charge in [0.2, 0.25) is 0 Å². The van der Waals surface area contributed by atoms with Crippen LogP contribution in [0.15, 0.2) is 23.1 Å². The standard InChI is InChI=1S/C11H8OS/c1-2-8-3-4-9-5-6-11(12)13-10(9)7-8/h1,3-4,7H,5-6H2. The zero-order valence-corrected chi connectivity index (χ0v) is 7.86. The van der Waals surface area contributed by atoms with Gasteiger partial charge in [-0.05, 0) is 24.1 Å². The predicted molar refractivity (Wildman–Crippen MR) is 53.6 cm³/mol. The first kappa shape index (κ1) is 8.40. The molecular weight excluding hydrogens is 180 g/mol. The van der Waals surface area contributed by atoms with Gasteiger partial charge in [0.05, 0.1) is 0 Å². The highest BCUT2D eigenvalue weighted by Gasteiger charge is 2.15. The van der Waals surface area contributed by atoms with Crippen molar-refractivity contribution in [2.24, 2.45) is 0 Å². The molecule has 13 heavy (non-hydrogen) atoms. The number of benzene rings is 1. The third kappa shape index (κ3) is 1.61. The fourth-order valence-corrected chi connectivity index (χ4v) is 2.29. The lowest BCUT2D eigenvalue weighted by Gasteiger charge is -2.13. The van der Waals surface area contributed by atoms with Gasteiger partial charge in [-0.15, -0.1) is 6.42 Å². The van der Waals surface area contributed by atoms with Crippen molar-refractivity contribution < 1.29 is 4.79 Å². The van der Waals surface area contributed by atoms with Crippen LogP contribution in [0.4, 0.5) is 0 Å². The lowest BCUT2D eigenvalue weighted by Crippen LogP contribution is -2.03. The largest absolute Gasteiger partial charge is 0.287 e. The van der Waals surface area contributed by atoms with E-state index in [0.717, 1.165) is 16.9 Å². The molecule has 0 unspecified atom stereocenters. The van der Waals surface area contributed by atoms with E-state index >= 15 is 0 Å². The third-order valence-electron chi connectivity index (χ3n) is 2.06. The van der Waals surface area contributed by atoms with Gasteiger partial charge in [0.1, 0.15) is 0 Å². The molecule has 1 heterocycles. The molecule has 0 aliphatic carbocycles. The van der Waals surface area contributed by atoms with Gasteiger partial charge in [0.15, 0.2) is 5.12 Å². The molecule has 0 fully saturated rings. The van der Waals surface area contributed by atoms with Gasteiger partial charge in [-0.1, -0.05) is 23.7 Å². The summed E-state index contributed by atoms with van der Waals surface area (Å²) in [6, 6.07) is 5.86. The van der Waals surface area contributed by atoms with Gasteiger partial charge < -0.3 is 0 Å². The van der Waals surface area contributed by atoms with E-state index < -0.39 is 0 Å². The summed E-state index contributed by atoms with van der Waals surface area (Å²) in [5, 5.41) is 0.238. The maximum atomic E-state index is 11.1. The summed E-state index contributed by atoms with van der Waals surface area (Å²) in [5.74, 6) is 2.57. The van der Waals surface area contributed by atoms with Crippen LogP contribution in [0.25, 0.3) is 0 Å². The first-order valence-corrected chi connectivity index (χ1v) is 4.91. The van der Waals surface area contributed by atoms with Crippen LogP contribution in [0, 0.1) is 12.3 Å². The zero-order chi connectivity index (χ0) is 9.26. The maximum absolute atomic E-state index is 11.1. The van der Waals surface area contributed by atoms with Crippen molar-refractivity contribution in [1.29, 1.82) is 0 Å². The highest BCUT2D eigenvalue weighted by atomic mass is 32.2. The Balaban J connectivity index is 2.45. The predicted octanol–water partition coefficient (Wildman–Crippen LogP) is 2.23. The topological polar surface area (TPSA) is 17.1 Å². The maximum Gasteiger partial charge on any atom is 0.194 e. The van der Waals surface area contributed by atoms with E-state index in [1.807, 2.05) is 18.2 Å². The van der Waals surface area contributed by atoms with Crippen LogP contribution in [-0.4, -0.2) is 5.12 Å². The monoisotopic (exact) mass is 188 g/mol. The lowest BCUT2D eigenvalue weighted by atomic mass is 10.1. The summed E-state index contributed by atoms with van der Waals surface area (Å²) in [6.07, 6.45) is 6.77. The Morgan fingerprint density at radius 1 is 1.38 bits per heavy atom. The number of thioether (sulfide) groups is 1. The number of rotatable bonds is 0. The summed E-state index contributed by atoms with van der Waals surface area (Å²) in [6.45, 7) is 0. The van der Waals surface area contributed by atoms with E-state index in [9.17, 15) is 4.79 Å². The minimum Gasteiger partial charge on any atom is -0.287 e. The van der Waals surface area contributed by atoms with Gasteiger partial charge in [0, 0.05) is 16.9 Å². The summed E-state index contributed by atoms with van der Waals surface area (Å²) < 4.78 is 0. The first-order chi connectivity index (χ1) is 6.29. The van der Waals surface area contributed by atoms with Crippen molar-refractivity contribution in [3.8, 4) is 12.3 Å². The van der Waals surface area contributed by atoms with Crippen LogP contribution in [-0.2, 0) is 11.2 Å². The quantitative estimate of drug-likeness (QED) is 0.581. The van der Waals surface area contributed by atoms with Crippen LogP contribution in [0.3, 0.4) is 0 Å². The molecule has 0 amide bonds. The van der Waals surface area contributed by atoms with Gasteiger partial charge in [0.25, 0.3) is 0 Å². The third-order valence-corrected chi connectivity index (χ3v) is 3.09. The van der Waals surface area contributed by atoms with Crippen molar-refractivity contribution >= 4 is 16.9 Å². The second-order valence-corrected chi connectivity index (χ2v) is 4.04. The van der Waals surface area contributed by atoms with Crippen LogP contribution < -0.4 is 0 Å². The van der Waals surface area contributed by atoms with Crippen LogP contribution >= 0.6 is 11.8 Å². The van der Waals surface area contributed by atoms with Crippen molar-refractivity contribution in [3.63, 3.8) is 0 Å². The van der Waals surface area contributed by atoms with Crippen LogP contribution in [0.5, 0.6) is 0 Å². The van der Waals surface area contributed by atoms with Crippen molar-refractivity contribution in [2.75, 3.05) is 0 Å². The first-order valence-electron chi connectivity index (χ1n) is 4.10. The molecule has 0 spiro atoms. The van der Waals surface area contributed by atoms with Gasteiger partial charge in [-0.2, -0.15) is 0 Å². The summed E-state index contributed by atoms with van der Waals surface area (Å²) in [7, 11) is 0. The van der Waals surface area contributed by atoms with Crippen LogP contribution in [0.2, 0.25) is 0 Å². The molecule has 0 aromatic heterocycles. The number of hydrogen-bond acceptors (Lipinski definition) is 2. The lowest BCUT2D eigenvalue weighted by molar-refractivity contribution is -0.111. The summed E-state index contributed by atoms with van der Waals surface area (Å²) in [5.41, 5.74) is 2.09. The van der Waals surface area contributed by atoms with Crippen molar-refractivity contribution in [1.82, 2.24) is 0 Å². The minimum absolute atomic E-state index is 0.238. The molecule has 2 heteroatoms. The molecular formula is C11H8OS. The van der Waals surface area contributed by atoms with E-state index in [4.69, 9.17) is 6.42 Å². The van der Waals surface area contributed by atoms with Crippen molar-refractivity contribution in [2.45, 2.75) is 17.7 Å². The summed E-state index contributed by atoms with van der Waals surface area (Å²) in [4.78, 5) is 12.2. The fourth-order valence-electron chi connectivity index (χ4n) is 1.36. The highest BCUT2D eigenvalue weighted by Crippen LogP contribution is 2.31. The summed E-state index contributed by atoms with van der Waals surface area (Å²) >= 11 is 1.31. The number of terminal acetylenes is 1. The molecule has 0 saturated carbocycles. The SMILES string of the molecule is C#Cc1ccc2c(c1)SC(=O)CC2. The Bertz CT molecular complexity index is 401. The number of hydrogen-bond donors (Lipinski definition) is 0. The zero-order valence-electron chi connectivity index (χ0n) is 7.04. The van der Waals surface area contributed by atoms with Gasteiger partial charge in [-0.25, -0.2) is 0 Å². The molecule has 0 saturated heterocycles. The molecule has 2 rings (SSSR count). The molecule has 1 aliphatic rings. The molecule has 64 valence electrons. The fraction of sp³-hybridized carbons (Fsp3) is 0.182. The van der Waals surface area contributed by atoms with E-state index in [1.165, 1.54) is 17.3 Å². The highest BCUT2D eigenvalue weighted by molar-refractivity contribution is 8.13. The number of aryl methyl sites for hydroxylation is 1. The Kier molecular flexibility index (Phi) is 2.12. The van der Waals surface area contributed by atoms with E-state index in [2.05, 4.69) is 5.92 Å². The average molecular weight is 188 g/mol. The second kappa shape index (κ2) is 3.27. The molecule has 0 N–H and O–H groups in total. The van der Waals surface area contributed by atoms with E-state index in [1.54, 1.807) is 0 Å². The van der Waals surface area contributed by atoms with Gasteiger partial charge in [-0.3, -0.25) is 4.79 Å². The Morgan fingerprint density at radius 2 is 2.23 bits per heavy atom. The van der Waals surface area contributed by atoms with E-state index in [0.29, 0.717) is 6.42 Å². The molecule has 1 nitrogen and oxygen atoms in total. The normalized spacial score (nSPS) is 14.8. The number of carbonyl (C=O) groups is 1. The van der Waals surface area contributed by atoms with E-state index in [-0.39, 0.29) is 5.12 Å². The Labute approximate surface area is 81.5 Å².